The highest BCUT2D eigenvalue weighted by Gasteiger charge is 2.25. The van der Waals surface area contributed by atoms with Gasteiger partial charge < -0.3 is 19.4 Å². The number of nitrogens with zero attached hydrogens (tertiary/aromatic N) is 4. The second kappa shape index (κ2) is 11.4. The number of carbonyl (C=O) groups is 2. The van der Waals surface area contributed by atoms with Crippen molar-refractivity contribution in [1.82, 2.24) is 19.6 Å². The van der Waals surface area contributed by atoms with Crippen LogP contribution in [-0.4, -0.2) is 115 Å². The van der Waals surface area contributed by atoms with Crippen LogP contribution in [0, 0.1) is 0 Å². The largest absolute Gasteiger partial charge is 0.368 e. The molecule has 0 bridgehead atoms. The number of rotatable bonds is 8. The Hall–Kier alpha value is -0.480. The van der Waals surface area contributed by atoms with Gasteiger partial charge >= 0.3 is 0 Å². The van der Waals surface area contributed by atoms with Gasteiger partial charge in [0.05, 0.1) is 17.7 Å². The molecule has 0 saturated carbocycles. The lowest BCUT2D eigenvalue weighted by atomic mass is 10.2. The average Bonchev–Trinajstić information content (AvgIpc) is 2.65. The van der Waals surface area contributed by atoms with E-state index in [2.05, 4.69) is 35.1 Å². The predicted octanol–water partition coefficient (Wildman–Crippen LogP) is -0.113. The Labute approximate surface area is 167 Å². The van der Waals surface area contributed by atoms with Crippen LogP contribution in [0.1, 0.15) is 13.3 Å². The number of hydrogen-bond acceptors (Lipinski definition) is 7. The summed E-state index contributed by atoms with van der Waals surface area (Å²) in [6, 6.07) is 0. The van der Waals surface area contributed by atoms with Crippen LogP contribution >= 0.6 is 25.3 Å². The lowest BCUT2D eigenvalue weighted by Gasteiger charge is -2.38. The molecule has 2 aliphatic heterocycles. The van der Waals surface area contributed by atoms with Gasteiger partial charge in [0, 0.05) is 65.5 Å². The van der Waals surface area contributed by atoms with Crippen molar-refractivity contribution in [2.45, 2.75) is 18.8 Å². The molecule has 7 nitrogen and oxygen atoms in total. The van der Waals surface area contributed by atoms with Crippen molar-refractivity contribution in [2.24, 2.45) is 0 Å². The molecule has 2 aliphatic rings. The summed E-state index contributed by atoms with van der Waals surface area (Å²) in [6.07, 6.45) is 1.01. The van der Waals surface area contributed by atoms with Crippen LogP contribution in [0.2, 0.25) is 0 Å². The first kappa shape index (κ1) is 21.8. The summed E-state index contributed by atoms with van der Waals surface area (Å²) in [7, 11) is 0. The molecule has 2 saturated heterocycles. The van der Waals surface area contributed by atoms with Gasteiger partial charge in [-0.3, -0.25) is 14.5 Å². The molecule has 2 amide bonds. The molecular formula is C17H32N4O3S2. The van der Waals surface area contributed by atoms with Gasteiger partial charge in [-0.25, -0.2) is 0 Å². The second-order valence-electron chi connectivity index (χ2n) is 6.86. The molecule has 0 aromatic carbocycles. The normalized spacial score (nSPS) is 21.0. The van der Waals surface area contributed by atoms with Crippen LogP contribution in [0.4, 0.5) is 0 Å². The van der Waals surface area contributed by atoms with Crippen molar-refractivity contribution >= 4 is 37.1 Å². The van der Waals surface area contributed by atoms with Gasteiger partial charge in [0.25, 0.3) is 0 Å². The quantitative estimate of drug-likeness (QED) is 0.336. The maximum Gasteiger partial charge on any atom is 0.236 e. The van der Waals surface area contributed by atoms with Crippen molar-refractivity contribution in [3.05, 3.63) is 0 Å². The highest BCUT2D eigenvalue weighted by atomic mass is 32.1. The smallest absolute Gasteiger partial charge is 0.236 e. The molecule has 0 aliphatic carbocycles. The molecular weight excluding hydrogens is 372 g/mol. The zero-order valence-corrected chi connectivity index (χ0v) is 17.5. The molecule has 26 heavy (non-hydrogen) atoms. The topological polar surface area (TPSA) is 56.3 Å². The van der Waals surface area contributed by atoms with E-state index in [1.165, 1.54) is 0 Å². The van der Waals surface area contributed by atoms with Crippen LogP contribution < -0.4 is 0 Å². The summed E-state index contributed by atoms with van der Waals surface area (Å²) in [6.45, 7) is 10.5. The average molecular weight is 405 g/mol. The van der Waals surface area contributed by atoms with Crippen LogP contribution in [0.3, 0.4) is 0 Å². The Morgan fingerprint density at radius 3 is 2.00 bits per heavy atom. The van der Waals surface area contributed by atoms with E-state index in [-0.39, 0.29) is 23.0 Å². The maximum absolute atomic E-state index is 12.5. The van der Waals surface area contributed by atoms with Gasteiger partial charge in [-0.2, -0.15) is 12.6 Å². The fourth-order valence-corrected chi connectivity index (χ4v) is 3.62. The van der Waals surface area contributed by atoms with Crippen molar-refractivity contribution in [2.75, 3.05) is 77.8 Å². The van der Waals surface area contributed by atoms with Crippen molar-refractivity contribution < 1.29 is 14.3 Å². The van der Waals surface area contributed by atoms with Crippen molar-refractivity contribution in [3.63, 3.8) is 0 Å². The van der Waals surface area contributed by atoms with E-state index >= 15 is 0 Å². The minimum atomic E-state index is -0.00394. The highest BCUT2D eigenvalue weighted by molar-refractivity contribution is 7.81. The first-order valence-electron chi connectivity index (χ1n) is 9.40. The van der Waals surface area contributed by atoms with Crippen LogP contribution in [-0.2, 0) is 14.3 Å². The Morgan fingerprint density at radius 2 is 1.46 bits per heavy atom. The third-order valence-corrected chi connectivity index (χ3v) is 5.34. The van der Waals surface area contributed by atoms with E-state index in [1.54, 1.807) is 4.90 Å². The Morgan fingerprint density at radius 1 is 0.923 bits per heavy atom. The highest BCUT2D eigenvalue weighted by Crippen LogP contribution is 2.07. The van der Waals surface area contributed by atoms with Crippen LogP contribution in [0.15, 0.2) is 0 Å². The molecule has 2 heterocycles. The molecule has 150 valence electrons. The molecule has 9 heteroatoms. The molecule has 2 fully saturated rings. The summed E-state index contributed by atoms with van der Waals surface area (Å²) in [4.78, 5) is 32.5. The standard InChI is InChI=1S/C17H32N4O3S2/c1-15(26)24-12-2-3-18-4-6-19(7-5-18)13-16(22)20-8-10-21(11-9-20)17(23)14-25/h15,25-26H,2-14H2,1H3. The number of piperazine rings is 2. The molecule has 0 radical (unpaired) electrons. The molecule has 1 unspecified atom stereocenters. The van der Waals surface area contributed by atoms with Crippen LogP contribution in [0.5, 0.6) is 0 Å². The molecule has 0 aromatic rings. The SMILES string of the molecule is CC(S)OCCCN1CCN(CC(=O)N2CCN(C(=O)CS)CC2)CC1. The van der Waals surface area contributed by atoms with Crippen molar-refractivity contribution in [3.8, 4) is 0 Å². The number of ether oxygens (including phenoxy) is 1. The summed E-state index contributed by atoms with van der Waals surface area (Å²) in [5, 5.41) is 0. The monoisotopic (exact) mass is 404 g/mol. The number of hydrogen-bond donors (Lipinski definition) is 2. The zero-order valence-electron chi connectivity index (χ0n) is 15.7. The Balaban J connectivity index is 1.60. The van der Waals surface area contributed by atoms with E-state index in [0.29, 0.717) is 32.7 Å². The van der Waals surface area contributed by atoms with Gasteiger partial charge in [-0.1, -0.05) is 0 Å². The predicted molar refractivity (Wildman–Crippen MR) is 109 cm³/mol. The summed E-state index contributed by atoms with van der Waals surface area (Å²) in [5.41, 5.74) is -0.00394. The van der Waals surface area contributed by atoms with Gasteiger partial charge in [0.2, 0.25) is 11.8 Å². The lowest BCUT2D eigenvalue weighted by Crippen LogP contribution is -2.54. The molecule has 2 rings (SSSR count). The third kappa shape index (κ3) is 7.26. The van der Waals surface area contributed by atoms with E-state index in [4.69, 9.17) is 4.74 Å². The minimum Gasteiger partial charge on any atom is -0.368 e. The Bertz CT molecular complexity index is 451. The Kier molecular flexibility index (Phi) is 9.55. The number of thiol groups is 2. The van der Waals surface area contributed by atoms with E-state index in [9.17, 15) is 9.59 Å². The second-order valence-corrected chi connectivity index (χ2v) is 7.90. The van der Waals surface area contributed by atoms with Crippen molar-refractivity contribution in [1.29, 1.82) is 0 Å². The van der Waals surface area contributed by atoms with E-state index in [1.807, 2.05) is 11.8 Å². The lowest BCUT2D eigenvalue weighted by molar-refractivity contribution is -0.139. The summed E-state index contributed by atoms with van der Waals surface area (Å²) in [5.74, 6) is 0.455. The van der Waals surface area contributed by atoms with Gasteiger partial charge in [0.1, 0.15) is 0 Å². The zero-order chi connectivity index (χ0) is 18.9. The first-order chi connectivity index (χ1) is 12.5. The minimum absolute atomic E-state index is 0.00394. The molecule has 0 spiro atoms. The fourth-order valence-electron chi connectivity index (χ4n) is 3.31. The third-order valence-electron chi connectivity index (χ3n) is 4.92. The number of carbonyl (C=O) groups excluding carboxylic acids is 2. The van der Waals surface area contributed by atoms with Gasteiger partial charge in [-0.05, 0) is 13.3 Å². The maximum atomic E-state index is 12.5. The molecule has 1 atom stereocenters. The number of amides is 2. The molecule has 0 aromatic heterocycles. The van der Waals surface area contributed by atoms with Gasteiger partial charge in [-0.15, -0.1) is 12.6 Å². The van der Waals surface area contributed by atoms with Gasteiger partial charge in [0.15, 0.2) is 0 Å². The molecule has 0 N–H and O–H groups in total. The van der Waals surface area contributed by atoms with E-state index < -0.39 is 0 Å². The van der Waals surface area contributed by atoms with Crippen LogP contribution in [0.25, 0.3) is 0 Å². The summed E-state index contributed by atoms with van der Waals surface area (Å²) >= 11 is 8.23. The first-order valence-corrected chi connectivity index (χ1v) is 10.5. The fraction of sp³-hybridized carbons (Fsp3) is 0.882. The van der Waals surface area contributed by atoms with E-state index in [0.717, 1.165) is 45.8 Å². The summed E-state index contributed by atoms with van der Waals surface area (Å²) < 4.78 is 5.45.